The highest BCUT2D eigenvalue weighted by Gasteiger charge is 2.15. The van der Waals surface area contributed by atoms with Gasteiger partial charge in [-0.15, -0.1) is 0 Å². The molecule has 0 radical (unpaired) electrons. The van der Waals surface area contributed by atoms with E-state index in [2.05, 4.69) is 5.32 Å². The van der Waals surface area contributed by atoms with Crippen molar-refractivity contribution in [3.05, 3.63) is 23.3 Å². The Balaban J connectivity index is 3.12. The highest BCUT2D eigenvalue weighted by atomic mass is 16.5. The number of rotatable bonds is 4. The van der Waals surface area contributed by atoms with Crippen LogP contribution in [0.5, 0.6) is 11.5 Å². The van der Waals surface area contributed by atoms with Crippen molar-refractivity contribution in [2.24, 2.45) is 0 Å². The van der Waals surface area contributed by atoms with Gasteiger partial charge in [0.2, 0.25) is 0 Å². The molecule has 0 saturated carbocycles. The number of methoxy groups -OCH3 is 2. The summed E-state index contributed by atoms with van der Waals surface area (Å²) in [4.78, 5) is 11.8. The molecule has 0 heterocycles. The Morgan fingerprint density at radius 1 is 1.35 bits per heavy atom. The van der Waals surface area contributed by atoms with Gasteiger partial charge in [0.1, 0.15) is 18.0 Å². The van der Waals surface area contributed by atoms with Crippen LogP contribution < -0.4 is 14.8 Å². The molecule has 0 atom stereocenters. The molecule has 0 saturated heterocycles. The van der Waals surface area contributed by atoms with Crippen LogP contribution in [0.15, 0.2) is 12.1 Å². The monoisotopic (exact) mass is 234 g/mol. The van der Waals surface area contributed by atoms with E-state index in [-0.39, 0.29) is 12.5 Å². The van der Waals surface area contributed by atoms with Crippen molar-refractivity contribution < 1.29 is 14.3 Å². The summed E-state index contributed by atoms with van der Waals surface area (Å²) in [5, 5.41) is 10.9. The number of hydrogen-bond donors (Lipinski definition) is 1. The number of ether oxygens (including phenoxy) is 2. The van der Waals surface area contributed by atoms with Crippen molar-refractivity contribution >= 4 is 5.91 Å². The lowest BCUT2D eigenvalue weighted by Crippen LogP contribution is -2.24. The van der Waals surface area contributed by atoms with Crippen molar-refractivity contribution in [2.45, 2.75) is 6.92 Å². The maximum Gasteiger partial charge on any atom is 0.256 e. The predicted octanol–water partition coefficient (Wildman–Crippen LogP) is 1.27. The first-order chi connectivity index (χ1) is 8.13. The minimum atomic E-state index is -0.360. The largest absolute Gasteiger partial charge is 0.496 e. The van der Waals surface area contributed by atoms with E-state index >= 15 is 0 Å². The number of carbonyl (C=O) groups is 1. The molecule has 0 aliphatic heterocycles. The Morgan fingerprint density at radius 3 is 2.53 bits per heavy atom. The average molecular weight is 234 g/mol. The highest BCUT2D eigenvalue weighted by Crippen LogP contribution is 2.28. The maximum atomic E-state index is 11.8. The van der Waals surface area contributed by atoms with Gasteiger partial charge in [-0.2, -0.15) is 5.26 Å². The van der Waals surface area contributed by atoms with Crippen LogP contribution in [0.1, 0.15) is 15.9 Å². The van der Waals surface area contributed by atoms with Crippen molar-refractivity contribution in [3.63, 3.8) is 0 Å². The van der Waals surface area contributed by atoms with Crippen LogP contribution in [-0.4, -0.2) is 26.7 Å². The third-order valence-corrected chi connectivity index (χ3v) is 2.29. The number of nitrogens with one attached hydrogen (secondary N) is 1. The molecular formula is C12H14N2O3. The van der Waals surface area contributed by atoms with Crippen LogP contribution in [0.3, 0.4) is 0 Å². The predicted molar refractivity (Wildman–Crippen MR) is 62.2 cm³/mol. The van der Waals surface area contributed by atoms with Gasteiger partial charge < -0.3 is 14.8 Å². The Morgan fingerprint density at radius 2 is 2.00 bits per heavy atom. The molecule has 1 N–H and O–H groups in total. The van der Waals surface area contributed by atoms with Gasteiger partial charge in [0.05, 0.1) is 25.9 Å². The topological polar surface area (TPSA) is 71.3 Å². The van der Waals surface area contributed by atoms with E-state index in [9.17, 15) is 4.79 Å². The first-order valence-corrected chi connectivity index (χ1v) is 5.01. The Hall–Kier alpha value is -2.22. The molecule has 17 heavy (non-hydrogen) atoms. The third-order valence-electron chi connectivity index (χ3n) is 2.29. The van der Waals surface area contributed by atoms with Gasteiger partial charge in [-0.25, -0.2) is 0 Å². The summed E-state index contributed by atoms with van der Waals surface area (Å²) in [6, 6.07) is 5.16. The second-order valence-electron chi connectivity index (χ2n) is 3.36. The SMILES string of the molecule is COc1cc(C(=O)NCC#N)c(OC)cc1C. The molecule has 0 fully saturated rings. The smallest absolute Gasteiger partial charge is 0.256 e. The molecule has 1 rings (SSSR count). The summed E-state index contributed by atoms with van der Waals surface area (Å²) >= 11 is 0. The molecule has 5 nitrogen and oxygen atoms in total. The summed E-state index contributed by atoms with van der Waals surface area (Å²) in [6.45, 7) is 1.82. The summed E-state index contributed by atoms with van der Waals surface area (Å²) in [7, 11) is 3.02. The van der Waals surface area contributed by atoms with Gasteiger partial charge in [-0.1, -0.05) is 0 Å². The van der Waals surface area contributed by atoms with Crippen molar-refractivity contribution in [1.29, 1.82) is 5.26 Å². The van der Waals surface area contributed by atoms with Crippen molar-refractivity contribution in [3.8, 4) is 17.6 Å². The number of hydrogen-bond acceptors (Lipinski definition) is 4. The van der Waals surface area contributed by atoms with Crippen LogP contribution in [0.25, 0.3) is 0 Å². The van der Waals surface area contributed by atoms with E-state index < -0.39 is 0 Å². The summed E-state index contributed by atoms with van der Waals surface area (Å²) in [5.41, 5.74) is 1.23. The molecule has 0 aliphatic carbocycles. The van der Waals surface area contributed by atoms with E-state index in [4.69, 9.17) is 14.7 Å². The van der Waals surface area contributed by atoms with Gasteiger partial charge in [-0.3, -0.25) is 4.79 Å². The Bertz CT molecular complexity index is 464. The lowest BCUT2D eigenvalue weighted by Gasteiger charge is -2.12. The zero-order valence-electron chi connectivity index (χ0n) is 10.0. The quantitative estimate of drug-likeness (QED) is 0.796. The molecular weight excluding hydrogens is 220 g/mol. The first kappa shape index (κ1) is 12.8. The Kier molecular flexibility index (Phi) is 4.35. The second kappa shape index (κ2) is 5.75. The fourth-order valence-electron chi connectivity index (χ4n) is 1.44. The van der Waals surface area contributed by atoms with E-state index in [0.717, 1.165) is 5.56 Å². The summed E-state index contributed by atoms with van der Waals surface area (Å²) < 4.78 is 10.3. The zero-order chi connectivity index (χ0) is 12.8. The molecule has 0 aliphatic rings. The highest BCUT2D eigenvalue weighted by molar-refractivity contribution is 5.97. The third kappa shape index (κ3) is 2.88. The van der Waals surface area contributed by atoms with Crippen LogP contribution in [-0.2, 0) is 0 Å². The van der Waals surface area contributed by atoms with E-state index in [1.54, 1.807) is 12.1 Å². The standard InChI is InChI=1S/C12H14N2O3/c1-8-6-11(17-3)9(7-10(8)16-2)12(15)14-5-4-13/h6-7H,5H2,1-3H3,(H,14,15). The minimum absolute atomic E-state index is 0.0435. The number of carbonyl (C=O) groups excluding carboxylic acids is 1. The lowest BCUT2D eigenvalue weighted by atomic mass is 10.1. The van der Waals surface area contributed by atoms with Gasteiger partial charge in [-0.05, 0) is 24.6 Å². The lowest BCUT2D eigenvalue weighted by molar-refractivity contribution is 0.0955. The fraction of sp³-hybridized carbons (Fsp3) is 0.333. The summed E-state index contributed by atoms with van der Waals surface area (Å²) in [6.07, 6.45) is 0. The van der Waals surface area contributed by atoms with Gasteiger partial charge >= 0.3 is 0 Å². The van der Waals surface area contributed by atoms with E-state index in [1.807, 2.05) is 13.0 Å². The van der Waals surface area contributed by atoms with Crippen molar-refractivity contribution in [2.75, 3.05) is 20.8 Å². The Labute approximate surface area is 100.0 Å². The molecule has 0 unspecified atom stereocenters. The van der Waals surface area contributed by atoms with Crippen LogP contribution in [0.4, 0.5) is 0 Å². The number of amides is 1. The second-order valence-corrected chi connectivity index (χ2v) is 3.36. The fourth-order valence-corrected chi connectivity index (χ4v) is 1.44. The number of nitrogens with zero attached hydrogens (tertiary/aromatic N) is 1. The van der Waals surface area contributed by atoms with Gasteiger partial charge in [0, 0.05) is 0 Å². The molecule has 0 bridgehead atoms. The van der Waals surface area contributed by atoms with Crippen LogP contribution >= 0.6 is 0 Å². The molecule has 1 aromatic rings. The van der Waals surface area contributed by atoms with Crippen LogP contribution in [0.2, 0.25) is 0 Å². The maximum absolute atomic E-state index is 11.8. The van der Waals surface area contributed by atoms with Crippen molar-refractivity contribution in [1.82, 2.24) is 5.32 Å². The first-order valence-electron chi connectivity index (χ1n) is 5.01. The normalized spacial score (nSPS) is 9.29. The molecule has 1 aromatic carbocycles. The molecule has 0 spiro atoms. The van der Waals surface area contributed by atoms with E-state index in [0.29, 0.717) is 17.1 Å². The molecule has 90 valence electrons. The zero-order valence-corrected chi connectivity index (χ0v) is 10.0. The van der Waals surface area contributed by atoms with Gasteiger partial charge in [0.25, 0.3) is 5.91 Å². The number of aryl methyl sites for hydroxylation is 1. The number of nitriles is 1. The average Bonchev–Trinajstić information content (AvgIpc) is 2.35. The van der Waals surface area contributed by atoms with E-state index in [1.165, 1.54) is 14.2 Å². The minimum Gasteiger partial charge on any atom is -0.496 e. The molecule has 1 amide bonds. The molecule has 0 aromatic heterocycles. The summed E-state index contributed by atoms with van der Waals surface area (Å²) in [5.74, 6) is 0.702. The molecule has 5 heteroatoms. The number of benzene rings is 1. The van der Waals surface area contributed by atoms with Crippen LogP contribution in [0, 0.1) is 18.3 Å². The van der Waals surface area contributed by atoms with Gasteiger partial charge in [0.15, 0.2) is 0 Å².